The van der Waals surface area contributed by atoms with Crippen LogP contribution in [0.2, 0.25) is 0 Å². The molecular formula is C14H29NO4S. The number of hydrogen-bond acceptors (Lipinski definition) is 3. The maximum Gasteiger partial charge on any atom is 0.320 e. The van der Waals surface area contributed by atoms with Gasteiger partial charge in [-0.25, -0.2) is 13.1 Å². The van der Waals surface area contributed by atoms with E-state index in [1.165, 1.54) is 25.7 Å². The lowest BCUT2D eigenvalue weighted by Gasteiger charge is -2.16. The maximum atomic E-state index is 11.4. The van der Waals surface area contributed by atoms with Crippen LogP contribution in [0.15, 0.2) is 0 Å². The first-order valence-corrected chi connectivity index (χ1v) is 9.25. The van der Waals surface area contributed by atoms with Crippen molar-refractivity contribution in [3.63, 3.8) is 0 Å². The number of hydrogen-bond donors (Lipinski definition) is 2. The fourth-order valence-electron chi connectivity index (χ4n) is 2.33. The molecule has 0 aliphatic carbocycles. The van der Waals surface area contributed by atoms with Crippen molar-refractivity contribution in [3.05, 3.63) is 0 Å². The van der Waals surface area contributed by atoms with Crippen LogP contribution in [0.3, 0.4) is 0 Å². The molecule has 1 atom stereocenters. The molecule has 0 rings (SSSR count). The van der Waals surface area contributed by atoms with E-state index in [1.54, 1.807) is 0 Å². The summed E-state index contributed by atoms with van der Waals surface area (Å²) in [6.07, 6.45) is 9.03. The minimum Gasteiger partial charge on any atom is -0.480 e. The van der Waals surface area contributed by atoms with Gasteiger partial charge in [0.25, 0.3) is 0 Å². The molecular weight excluding hydrogens is 278 g/mol. The first-order valence-electron chi connectivity index (χ1n) is 7.60. The van der Waals surface area contributed by atoms with E-state index in [0.29, 0.717) is 12.5 Å². The molecule has 0 saturated carbocycles. The number of sulfonamides is 1. The van der Waals surface area contributed by atoms with Gasteiger partial charge in [-0.3, -0.25) is 4.79 Å². The van der Waals surface area contributed by atoms with Gasteiger partial charge in [-0.1, -0.05) is 58.8 Å². The van der Waals surface area contributed by atoms with Crippen molar-refractivity contribution >= 4 is 16.0 Å². The molecule has 1 unspecified atom stereocenters. The Balaban J connectivity index is 3.98. The number of carbonyl (C=O) groups is 1. The van der Waals surface area contributed by atoms with E-state index < -0.39 is 21.7 Å². The minimum atomic E-state index is -3.67. The van der Waals surface area contributed by atoms with Gasteiger partial charge in [-0.15, -0.1) is 0 Å². The number of rotatable bonds is 13. The third-order valence-electron chi connectivity index (χ3n) is 3.35. The highest BCUT2D eigenvalue weighted by Crippen LogP contribution is 2.19. The number of unbranched alkanes of at least 4 members (excludes halogenated alkanes) is 3. The lowest BCUT2D eigenvalue weighted by atomic mass is 9.93. The maximum absolute atomic E-state index is 11.4. The Morgan fingerprint density at radius 3 is 2.30 bits per heavy atom. The van der Waals surface area contributed by atoms with Crippen LogP contribution in [0.4, 0.5) is 0 Å². The van der Waals surface area contributed by atoms with Crippen LogP contribution in [0.25, 0.3) is 0 Å². The van der Waals surface area contributed by atoms with Gasteiger partial charge in [0.1, 0.15) is 0 Å². The first kappa shape index (κ1) is 19.4. The van der Waals surface area contributed by atoms with Crippen LogP contribution in [0, 0.1) is 5.92 Å². The largest absolute Gasteiger partial charge is 0.480 e. The number of nitrogens with one attached hydrogen (secondary N) is 1. The Hall–Kier alpha value is -0.620. The van der Waals surface area contributed by atoms with Crippen molar-refractivity contribution in [3.8, 4) is 0 Å². The third-order valence-corrected chi connectivity index (χ3v) is 4.62. The second kappa shape index (κ2) is 11.1. The highest BCUT2D eigenvalue weighted by atomic mass is 32.2. The van der Waals surface area contributed by atoms with Crippen molar-refractivity contribution in [2.24, 2.45) is 5.92 Å². The van der Waals surface area contributed by atoms with E-state index in [4.69, 9.17) is 5.11 Å². The summed E-state index contributed by atoms with van der Waals surface area (Å²) in [4.78, 5) is 10.4. The molecule has 0 aliphatic rings. The zero-order valence-corrected chi connectivity index (χ0v) is 13.5. The van der Waals surface area contributed by atoms with Gasteiger partial charge in [0.2, 0.25) is 10.0 Å². The number of carboxylic acid groups (broad SMARTS) is 1. The van der Waals surface area contributed by atoms with Gasteiger partial charge < -0.3 is 5.11 Å². The summed E-state index contributed by atoms with van der Waals surface area (Å²) in [5.74, 6) is -1.63. The Morgan fingerprint density at radius 1 is 1.05 bits per heavy atom. The highest BCUT2D eigenvalue weighted by molar-refractivity contribution is 7.90. The van der Waals surface area contributed by atoms with Crippen molar-refractivity contribution in [1.82, 2.24) is 4.72 Å². The van der Waals surface area contributed by atoms with Crippen LogP contribution < -0.4 is 4.72 Å². The summed E-state index contributed by atoms with van der Waals surface area (Å²) < 4.78 is 25.1. The summed E-state index contributed by atoms with van der Waals surface area (Å²) >= 11 is 0. The molecule has 0 aromatic rings. The second-order valence-electron chi connectivity index (χ2n) is 5.34. The Labute approximate surface area is 123 Å². The smallest absolute Gasteiger partial charge is 0.320 e. The molecule has 0 amide bonds. The molecule has 0 aromatic heterocycles. The monoisotopic (exact) mass is 307 g/mol. The van der Waals surface area contributed by atoms with E-state index >= 15 is 0 Å². The third kappa shape index (κ3) is 11.2. The predicted octanol–water partition coefficient (Wildman–Crippen LogP) is 2.77. The van der Waals surface area contributed by atoms with Crippen LogP contribution in [0.5, 0.6) is 0 Å². The molecule has 5 nitrogen and oxygen atoms in total. The van der Waals surface area contributed by atoms with Gasteiger partial charge in [-0.2, -0.15) is 0 Å². The average molecular weight is 307 g/mol. The van der Waals surface area contributed by atoms with E-state index in [1.807, 2.05) is 0 Å². The lowest BCUT2D eigenvalue weighted by Crippen LogP contribution is -2.31. The van der Waals surface area contributed by atoms with Gasteiger partial charge in [0, 0.05) is 6.54 Å². The van der Waals surface area contributed by atoms with Crippen LogP contribution in [-0.4, -0.2) is 31.8 Å². The zero-order chi connectivity index (χ0) is 15.4. The topological polar surface area (TPSA) is 83.5 Å². The van der Waals surface area contributed by atoms with Crippen molar-refractivity contribution in [2.45, 2.75) is 65.2 Å². The minimum absolute atomic E-state index is 0.341. The summed E-state index contributed by atoms with van der Waals surface area (Å²) in [5, 5.41) is 8.49. The molecule has 0 heterocycles. The number of carboxylic acids is 1. The fraction of sp³-hybridized carbons (Fsp3) is 0.929. The Bertz CT molecular complexity index is 354. The first-order chi connectivity index (χ1) is 9.41. The molecule has 120 valence electrons. The van der Waals surface area contributed by atoms with Crippen molar-refractivity contribution < 1.29 is 18.3 Å². The lowest BCUT2D eigenvalue weighted by molar-refractivity contribution is -0.134. The van der Waals surface area contributed by atoms with E-state index in [2.05, 4.69) is 18.6 Å². The van der Waals surface area contributed by atoms with Crippen LogP contribution >= 0.6 is 0 Å². The van der Waals surface area contributed by atoms with E-state index in [-0.39, 0.29) is 0 Å². The van der Waals surface area contributed by atoms with Gasteiger partial charge >= 0.3 is 5.97 Å². The van der Waals surface area contributed by atoms with Gasteiger partial charge in [0.05, 0.1) is 0 Å². The molecule has 0 aromatic carbocycles. The van der Waals surface area contributed by atoms with Crippen LogP contribution in [0.1, 0.15) is 65.2 Å². The molecule has 0 spiro atoms. The summed E-state index contributed by atoms with van der Waals surface area (Å²) in [7, 11) is -3.67. The van der Waals surface area contributed by atoms with Crippen molar-refractivity contribution in [1.29, 1.82) is 0 Å². The molecule has 0 aliphatic heterocycles. The molecule has 0 bridgehead atoms. The Kier molecular flexibility index (Phi) is 10.7. The van der Waals surface area contributed by atoms with Gasteiger partial charge in [0.15, 0.2) is 5.75 Å². The Morgan fingerprint density at radius 2 is 1.75 bits per heavy atom. The fourth-order valence-corrected chi connectivity index (χ4v) is 3.19. The second-order valence-corrected chi connectivity index (χ2v) is 7.15. The number of aliphatic carboxylic acids is 1. The molecule has 0 radical (unpaired) electrons. The summed E-state index contributed by atoms with van der Waals surface area (Å²) in [5.41, 5.74) is 0. The molecule has 2 N–H and O–H groups in total. The molecule has 20 heavy (non-hydrogen) atoms. The zero-order valence-electron chi connectivity index (χ0n) is 12.7. The molecule has 6 heteroatoms. The predicted molar refractivity (Wildman–Crippen MR) is 81.2 cm³/mol. The van der Waals surface area contributed by atoms with Crippen molar-refractivity contribution in [2.75, 3.05) is 12.3 Å². The normalized spacial score (nSPS) is 13.3. The summed E-state index contributed by atoms with van der Waals surface area (Å²) in [6.45, 7) is 4.66. The molecule has 0 fully saturated rings. The summed E-state index contributed by atoms with van der Waals surface area (Å²) in [6, 6.07) is 0. The average Bonchev–Trinajstić information content (AvgIpc) is 2.32. The quantitative estimate of drug-likeness (QED) is 0.512. The van der Waals surface area contributed by atoms with Crippen LogP contribution in [-0.2, 0) is 14.8 Å². The molecule has 0 saturated heterocycles. The van der Waals surface area contributed by atoms with Gasteiger partial charge in [-0.05, 0) is 12.3 Å². The van der Waals surface area contributed by atoms with E-state index in [0.717, 1.165) is 25.7 Å². The van der Waals surface area contributed by atoms with E-state index in [9.17, 15) is 13.2 Å². The standard InChI is InChI=1S/C14H29NO4S/c1-3-5-6-7-9-13(8-4-2)10-11-15-20(18,19)12-14(16)17/h13,15H,3-12H2,1-2H3,(H,16,17). The highest BCUT2D eigenvalue weighted by Gasteiger charge is 2.15. The SMILES string of the molecule is CCCCCCC(CCC)CCNS(=O)(=O)CC(=O)O.